The van der Waals surface area contributed by atoms with Crippen LogP contribution in [-0.4, -0.2) is 38.3 Å². The first-order chi connectivity index (χ1) is 10.2. The number of fused-ring (bicyclic) bond motifs is 1. The van der Waals surface area contributed by atoms with E-state index in [4.69, 9.17) is 13.9 Å². The molecule has 5 nitrogen and oxygen atoms in total. The number of hydrogen-bond acceptors (Lipinski definition) is 5. The van der Waals surface area contributed by atoms with Gasteiger partial charge in [-0.3, -0.25) is 4.90 Å². The van der Waals surface area contributed by atoms with Crippen LogP contribution in [-0.2, 0) is 11.3 Å². The third-order valence-corrected chi connectivity index (χ3v) is 3.85. The minimum Gasteiger partial charge on any atom is -0.496 e. The van der Waals surface area contributed by atoms with Gasteiger partial charge < -0.3 is 13.9 Å². The van der Waals surface area contributed by atoms with Crippen molar-refractivity contribution in [3.63, 3.8) is 0 Å². The van der Waals surface area contributed by atoms with Crippen molar-refractivity contribution in [2.45, 2.75) is 13.5 Å². The third kappa shape index (κ3) is 2.94. The van der Waals surface area contributed by atoms with Gasteiger partial charge in [0.2, 0.25) is 0 Å². The van der Waals surface area contributed by atoms with Gasteiger partial charge in [0.25, 0.3) is 0 Å². The summed E-state index contributed by atoms with van der Waals surface area (Å²) in [5.41, 5.74) is 2.27. The monoisotopic (exact) mass is 289 g/mol. The van der Waals surface area contributed by atoms with Gasteiger partial charge in [-0.1, -0.05) is 0 Å². The Hall–Kier alpha value is -1.85. The summed E-state index contributed by atoms with van der Waals surface area (Å²) < 4.78 is 16.1. The van der Waals surface area contributed by atoms with Crippen LogP contribution in [0.25, 0.3) is 11.0 Å². The maximum Gasteiger partial charge on any atom is 0.336 e. The van der Waals surface area contributed by atoms with Gasteiger partial charge in [0.1, 0.15) is 11.3 Å². The third-order valence-electron chi connectivity index (χ3n) is 3.85. The van der Waals surface area contributed by atoms with Gasteiger partial charge in [-0.05, 0) is 18.6 Å². The quantitative estimate of drug-likeness (QED) is 0.808. The van der Waals surface area contributed by atoms with Crippen LogP contribution >= 0.6 is 0 Å². The van der Waals surface area contributed by atoms with Crippen LogP contribution in [0, 0.1) is 6.92 Å². The van der Waals surface area contributed by atoms with Gasteiger partial charge >= 0.3 is 5.63 Å². The molecule has 1 aromatic heterocycles. The summed E-state index contributed by atoms with van der Waals surface area (Å²) in [5, 5.41) is 0.957. The molecule has 1 aliphatic heterocycles. The molecular formula is C16H19NO4. The molecule has 1 fully saturated rings. The number of benzene rings is 1. The van der Waals surface area contributed by atoms with E-state index in [1.165, 1.54) is 6.07 Å². The maximum atomic E-state index is 11.5. The highest BCUT2D eigenvalue weighted by Gasteiger charge is 2.15. The zero-order chi connectivity index (χ0) is 14.8. The predicted octanol–water partition coefficient (Wildman–Crippen LogP) is 1.94. The molecule has 2 aromatic rings. The summed E-state index contributed by atoms with van der Waals surface area (Å²) in [7, 11) is 1.64. The van der Waals surface area contributed by atoms with E-state index in [1.807, 2.05) is 6.92 Å². The Bertz CT molecular complexity index is 701. The van der Waals surface area contributed by atoms with Crippen molar-refractivity contribution >= 4 is 11.0 Å². The molecule has 0 unspecified atom stereocenters. The number of nitrogens with zero attached hydrogens (tertiary/aromatic N) is 1. The van der Waals surface area contributed by atoms with E-state index >= 15 is 0 Å². The van der Waals surface area contributed by atoms with Crippen LogP contribution in [0.15, 0.2) is 27.4 Å². The van der Waals surface area contributed by atoms with E-state index in [9.17, 15) is 4.79 Å². The number of ether oxygens (including phenoxy) is 2. The Balaban J connectivity index is 2.02. The van der Waals surface area contributed by atoms with Crippen molar-refractivity contribution in [3.05, 3.63) is 39.7 Å². The highest BCUT2D eigenvalue weighted by atomic mass is 16.5. The Labute approximate surface area is 123 Å². The number of rotatable bonds is 3. The lowest BCUT2D eigenvalue weighted by Crippen LogP contribution is -2.35. The molecule has 1 aliphatic rings. The first-order valence-corrected chi connectivity index (χ1v) is 7.09. The summed E-state index contributed by atoms with van der Waals surface area (Å²) in [6.45, 7) is 6.10. The Kier molecular flexibility index (Phi) is 3.94. The van der Waals surface area contributed by atoms with E-state index in [0.29, 0.717) is 5.58 Å². The molecule has 0 aliphatic carbocycles. The molecule has 112 valence electrons. The smallest absolute Gasteiger partial charge is 0.336 e. The first-order valence-electron chi connectivity index (χ1n) is 7.09. The van der Waals surface area contributed by atoms with Crippen molar-refractivity contribution in [2.75, 3.05) is 33.4 Å². The normalized spacial score (nSPS) is 16.3. The standard InChI is InChI=1S/C16H19NO4/c1-11-7-16(18)21-15-9-14(19-2)12(8-13(11)15)10-17-3-5-20-6-4-17/h7-9H,3-6,10H2,1-2H3. The van der Waals surface area contributed by atoms with Crippen LogP contribution < -0.4 is 10.4 Å². The Morgan fingerprint density at radius 2 is 2.00 bits per heavy atom. The molecule has 1 aromatic carbocycles. The van der Waals surface area contributed by atoms with Gasteiger partial charge in [0, 0.05) is 42.7 Å². The molecule has 0 bridgehead atoms. The van der Waals surface area contributed by atoms with E-state index in [2.05, 4.69) is 11.0 Å². The average Bonchev–Trinajstić information content (AvgIpc) is 2.48. The number of aryl methyl sites for hydroxylation is 1. The van der Waals surface area contributed by atoms with Gasteiger partial charge in [0.05, 0.1) is 20.3 Å². The maximum absolute atomic E-state index is 11.5. The Morgan fingerprint density at radius 1 is 1.24 bits per heavy atom. The van der Waals surface area contributed by atoms with Crippen molar-refractivity contribution in [2.24, 2.45) is 0 Å². The molecule has 1 saturated heterocycles. The molecule has 5 heteroatoms. The second-order valence-corrected chi connectivity index (χ2v) is 5.30. The summed E-state index contributed by atoms with van der Waals surface area (Å²) >= 11 is 0. The van der Waals surface area contributed by atoms with Crippen LogP contribution in [0.2, 0.25) is 0 Å². The van der Waals surface area contributed by atoms with Crippen molar-refractivity contribution in [1.29, 1.82) is 0 Å². The highest BCUT2D eigenvalue weighted by Crippen LogP contribution is 2.28. The van der Waals surface area contributed by atoms with Crippen LogP contribution in [0.5, 0.6) is 5.75 Å². The van der Waals surface area contributed by atoms with Gasteiger partial charge in [-0.15, -0.1) is 0 Å². The Morgan fingerprint density at radius 3 is 2.71 bits per heavy atom. The molecule has 0 radical (unpaired) electrons. The van der Waals surface area contributed by atoms with Crippen LogP contribution in [0.3, 0.4) is 0 Å². The molecular weight excluding hydrogens is 270 g/mol. The fraction of sp³-hybridized carbons (Fsp3) is 0.438. The summed E-state index contributed by atoms with van der Waals surface area (Å²) in [6, 6.07) is 5.38. The minimum absolute atomic E-state index is 0.331. The number of hydrogen-bond donors (Lipinski definition) is 0. The minimum atomic E-state index is -0.331. The molecule has 2 heterocycles. The van der Waals surface area contributed by atoms with Gasteiger partial charge in [-0.2, -0.15) is 0 Å². The lowest BCUT2D eigenvalue weighted by Gasteiger charge is -2.27. The lowest BCUT2D eigenvalue weighted by molar-refractivity contribution is 0.0339. The molecule has 0 saturated carbocycles. The topological polar surface area (TPSA) is 51.9 Å². The van der Waals surface area contributed by atoms with Crippen molar-refractivity contribution in [1.82, 2.24) is 4.90 Å². The summed E-state index contributed by atoms with van der Waals surface area (Å²) in [5.74, 6) is 0.753. The zero-order valence-corrected chi connectivity index (χ0v) is 12.3. The first kappa shape index (κ1) is 14.1. The van der Waals surface area contributed by atoms with Gasteiger partial charge in [0.15, 0.2) is 0 Å². The van der Waals surface area contributed by atoms with E-state index in [1.54, 1.807) is 13.2 Å². The molecule has 21 heavy (non-hydrogen) atoms. The van der Waals surface area contributed by atoms with E-state index in [0.717, 1.165) is 55.1 Å². The summed E-state index contributed by atoms with van der Waals surface area (Å²) in [4.78, 5) is 13.8. The SMILES string of the molecule is COc1cc2oc(=O)cc(C)c2cc1CN1CCOCC1. The van der Waals surface area contributed by atoms with Crippen molar-refractivity contribution in [3.8, 4) is 5.75 Å². The zero-order valence-electron chi connectivity index (χ0n) is 12.3. The molecule has 0 atom stereocenters. The van der Waals surface area contributed by atoms with Crippen molar-refractivity contribution < 1.29 is 13.9 Å². The number of methoxy groups -OCH3 is 1. The van der Waals surface area contributed by atoms with Gasteiger partial charge in [-0.25, -0.2) is 4.79 Å². The second kappa shape index (κ2) is 5.87. The van der Waals surface area contributed by atoms with Crippen LogP contribution in [0.1, 0.15) is 11.1 Å². The number of morpholine rings is 1. The van der Waals surface area contributed by atoms with E-state index < -0.39 is 0 Å². The molecule has 0 N–H and O–H groups in total. The fourth-order valence-corrected chi connectivity index (χ4v) is 2.70. The molecule has 0 amide bonds. The fourth-order valence-electron chi connectivity index (χ4n) is 2.70. The second-order valence-electron chi connectivity index (χ2n) is 5.30. The highest BCUT2D eigenvalue weighted by molar-refractivity contribution is 5.82. The largest absolute Gasteiger partial charge is 0.496 e. The predicted molar refractivity (Wildman–Crippen MR) is 79.9 cm³/mol. The lowest BCUT2D eigenvalue weighted by atomic mass is 10.1. The average molecular weight is 289 g/mol. The van der Waals surface area contributed by atoms with E-state index in [-0.39, 0.29) is 5.63 Å². The summed E-state index contributed by atoms with van der Waals surface area (Å²) in [6.07, 6.45) is 0. The van der Waals surface area contributed by atoms with Crippen LogP contribution in [0.4, 0.5) is 0 Å². The molecule has 0 spiro atoms. The molecule has 3 rings (SSSR count).